The summed E-state index contributed by atoms with van der Waals surface area (Å²) in [6.45, 7) is 7.93. The van der Waals surface area contributed by atoms with E-state index in [9.17, 15) is 4.79 Å². The lowest BCUT2D eigenvalue weighted by Crippen LogP contribution is -2.16. The van der Waals surface area contributed by atoms with Crippen LogP contribution in [0.2, 0.25) is 0 Å². The summed E-state index contributed by atoms with van der Waals surface area (Å²) in [5, 5.41) is 6.12. The number of benzene rings is 2. The Morgan fingerprint density at radius 2 is 1.70 bits per heavy atom. The van der Waals surface area contributed by atoms with E-state index in [2.05, 4.69) is 39.7 Å². The third kappa shape index (κ3) is 4.70. The molecule has 0 saturated heterocycles. The van der Waals surface area contributed by atoms with Crippen LogP contribution in [-0.4, -0.2) is 15.9 Å². The molecule has 0 fully saturated rings. The smallest absolute Gasteiger partial charge is 0.274 e. The van der Waals surface area contributed by atoms with Crippen molar-refractivity contribution >= 4 is 23.2 Å². The van der Waals surface area contributed by atoms with Crippen LogP contribution in [0.3, 0.4) is 0 Å². The molecule has 2 aromatic carbocycles. The molecule has 1 amide bonds. The van der Waals surface area contributed by atoms with Crippen LogP contribution >= 0.6 is 0 Å². The number of nitrogens with one attached hydrogen (secondary N) is 2. The average molecular weight is 360 g/mol. The monoisotopic (exact) mass is 360 g/mol. The Morgan fingerprint density at radius 3 is 2.41 bits per heavy atom. The van der Waals surface area contributed by atoms with E-state index < -0.39 is 0 Å². The molecule has 27 heavy (non-hydrogen) atoms. The van der Waals surface area contributed by atoms with Crippen molar-refractivity contribution in [1.82, 2.24) is 9.97 Å². The summed E-state index contributed by atoms with van der Waals surface area (Å²) in [7, 11) is 0. The lowest BCUT2D eigenvalue weighted by Gasteiger charge is -2.11. The maximum Gasteiger partial charge on any atom is 0.274 e. The largest absolute Gasteiger partial charge is 0.324 e. The van der Waals surface area contributed by atoms with Gasteiger partial charge in [-0.2, -0.15) is 0 Å². The van der Waals surface area contributed by atoms with Gasteiger partial charge in [0.15, 0.2) is 0 Å². The summed E-state index contributed by atoms with van der Waals surface area (Å²) in [5.41, 5.74) is 6.10. The topological polar surface area (TPSA) is 66.9 Å². The molecule has 0 unspecified atom stereocenters. The number of rotatable bonds is 5. The van der Waals surface area contributed by atoms with Gasteiger partial charge in [0, 0.05) is 17.1 Å². The molecule has 0 aliphatic carbocycles. The van der Waals surface area contributed by atoms with E-state index in [4.69, 9.17) is 0 Å². The van der Waals surface area contributed by atoms with Gasteiger partial charge >= 0.3 is 0 Å². The quantitative estimate of drug-likeness (QED) is 0.675. The summed E-state index contributed by atoms with van der Waals surface area (Å²) in [6, 6.07) is 15.7. The summed E-state index contributed by atoms with van der Waals surface area (Å²) >= 11 is 0. The van der Waals surface area contributed by atoms with Crippen molar-refractivity contribution in [2.24, 2.45) is 0 Å². The zero-order valence-corrected chi connectivity index (χ0v) is 16.1. The van der Waals surface area contributed by atoms with Crippen molar-refractivity contribution in [3.8, 4) is 0 Å². The molecule has 0 atom stereocenters. The molecule has 138 valence electrons. The molecule has 3 rings (SSSR count). The lowest BCUT2D eigenvalue weighted by molar-refractivity contribution is 0.102. The zero-order valence-electron chi connectivity index (χ0n) is 16.1. The van der Waals surface area contributed by atoms with Crippen molar-refractivity contribution in [2.75, 3.05) is 10.6 Å². The predicted molar refractivity (Wildman–Crippen MR) is 110 cm³/mol. The van der Waals surface area contributed by atoms with Crippen LogP contribution in [0.1, 0.15) is 39.8 Å². The molecule has 0 spiro atoms. The van der Waals surface area contributed by atoms with Crippen LogP contribution in [0.15, 0.2) is 48.5 Å². The molecule has 0 radical (unpaired) electrons. The third-order valence-corrected chi connectivity index (χ3v) is 4.35. The van der Waals surface area contributed by atoms with Gasteiger partial charge in [-0.05, 0) is 68.1 Å². The second-order valence-electron chi connectivity index (χ2n) is 6.67. The number of amides is 1. The Morgan fingerprint density at radius 1 is 0.963 bits per heavy atom. The van der Waals surface area contributed by atoms with Gasteiger partial charge in [-0.15, -0.1) is 0 Å². The van der Waals surface area contributed by atoms with Crippen LogP contribution in [0.5, 0.6) is 0 Å². The average Bonchev–Trinajstić information content (AvgIpc) is 2.65. The van der Waals surface area contributed by atoms with E-state index in [1.807, 2.05) is 51.1 Å². The SMILES string of the molecule is CCc1ccc(Nc2nc(C)cc(C(=O)Nc3cc(C)ccc3C)n2)cc1. The highest BCUT2D eigenvalue weighted by atomic mass is 16.1. The molecule has 0 bridgehead atoms. The van der Waals surface area contributed by atoms with Crippen LogP contribution in [-0.2, 0) is 6.42 Å². The van der Waals surface area contributed by atoms with E-state index in [1.165, 1.54) is 5.56 Å². The van der Waals surface area contributed by atoms with Crippen molar-refractivity contribution in [3.63, 3.8) is 0 Å². The molecular formula is C22H24N4O. The first kappa shape index (κ1) is 18.6. The zero-order chi connectivity index (χ0) is 19.4. The fourth-order valence-electron chi connectivity index (χ4n) is 2.75. The maximum absolute atomic E-state index is 12.7. The lowest BCUT2D eigenvalue weighted by atomic mass is 10.1. The Kier molecular flexibility index (Phi) is 5.50. The number of aromatic nitrogens is 2. The van der Waals surface area contributed by atoms with Gasteiger partial charge in [0.05, 0.1) is 0 Å². The molecule has 1 aromatic heterocycles. The van der Waals surface area contributed by atoms with Crippen molar-refractivity contribution in [1.29, 1.82) is 0 Å². The first-order valence-electron chi connectivity index (χ1n) is 9.05. The minimum atomic E-state index is -0.251. The highest BCUT2D eigenvalue weighted by Gasteiger charge is 2.12. The number of hydrogen-bond acceptors (Lipinski definition) is 4. The molecule has 5 nitrogen and oxygen atoms in total. The molecule has 5 heteroatoms. The number of anilines is 3. The number of carbonyl (C=O) groups excluding carboxylic acids is 1. The van der Waals surface area contributed by atoms with E-state index in [-0.39, 0.29) is 5.91 Å². The van der Waals surface area contributed by atoms with E-state index in [1.54, 1.807) is 6.07 Å². The highest BCUT2D eigenvalue weighted by molar-refractivity contribution is 6.03. The summed E-state index contributed by atoms with van der Waals surface area (Å²) in [4.78, 5) is 21.5. The normalized spacial score (nSPS) is 10.5. The fraction of sp³-hybridized carbons (Fsp3) is 0.227. The maximum atomic E-state index is 12.7. The van der Waals surface area contributed by atoms with Gasteiger partial charge in [-0.1, -0.05) is 31.2 Å². The number of nitrogens with zero attached hydrogens (tertiary/aromatic N) is 2. The standard InChI is InChI=1S/C22H24N4O/c1-5-17-8-10-18(11-9-17)24-22-23-16(4)13-20(26-22)21(27)25-19-12-14(2)6-7-15(19)3/h6-13H,5H2,1-4H3,(H,25,27)(H,23,24,26). The van der Waals surface area contributed by atoms with Gasteiger partial charge in [0.2, 0.25) is 5.95 Å². The van der Waals surface area contributed by atoms with Crippen LogP contribution < -0.4 is 10.6 Å². The van der Waals surface area contributed by atoms with Gasteiger partial charge < -0.3 is 10.6 Å². The van der Waals surface area contributed by atoms with Crippen LogP contribution in [0.4, 0.5) is 17.3 Å². The third-order valence-electron chi connectivity index (χ3n) is 4.35. The number of hydrogen-bond donors (Lipinski definition) is 2. The van der Waals surface area contributed by atoms with Gasteiger partial charge in [0.1, 0.15) is 5.69 Å². The Bertz CT molecular complexity index is 965. The van der Waals surface area contributed by atoms with E-state index in [0.29, 0.717) is 11.6 Å². The molecule has 0 aliphatic rings. The molecule has 2 N–H and O–H groups in total. The molecule has 3 aromatic rings. The van der Waals surface area contributed by atoms with E-state index in [0.717, 1.165) is 34.6 Å². The van der Waals surface area contributed by atoms with Gasteiger partial charge in [0.25, 0.3) is 5.91 Å². The minimum absolute atomic E-state index is 0.251. The second-order valence-corrected chi connectivity index (χ2v) is 6.67. The van der Waals surface area contributed by atoms with Crippen molar-refractivity contribution in [3.05, 3.63) is 76.6 Å². The van der Waals surface area contributed by atoms with Gasteiger partial charge in [-0.3, -0.25) is 4.79 Å². The summed E-state index contributed by atoms with van der Waals surface area (Å²) < 4.78 is 0. The first-order valence-corrected chi connectivity index (χ1v) is 9.05. The van der Waals surface area contributed by atoms with E-state index >= 15 is 0 Å². The first-order chi connectivity index (χ1) is 12.9. The molecular weight excluding hydrogens is 336 g/mol. The highest BCUT2D eigenvalue weighted by Crippen LogP contribution is 2.19. The Balaban J connectivity index is 1.81. The van der Waals surface area contributed by atoms with Crippen LogP contribution in [0, 0.1) is 20.8 Å². The second kappa shape index (κ2) is 7.99. The summed E-state index contributed by atoms with van der Waals surface area (Å²) in [5.74, 6) is 0.156. The predicted octanol–water partition coefficient (Wildman–Crippen LogP) is 4.96. The fourth-order valence-corrected chi connectivity index (χ4v) is 2.75. The van der Waals surface area contributed by atoms with Crippen LogP contribution in [0.25, 0.3) is 0 Å². The van der Waals surface area contributed by atoms with Gasteiger partial charge in [-0.25, -0.2) is 9.97 Å². The molecule has 1 heterocycles. The number of aryl methyl sites for hydroxylation is 4. The minimum Gasteiger partial charge on any atom is -0.324 e. The molecule has 0 aliphatic heterocycles. The Hall–Kier alpha value is -3.21. The van der Waals surface area contributed by atoms with Crippen molar-refractivity contribution in [2.45, 2.75) is 34.1 Å². The molecule has 0 saturated carbocycles. The summed E-state index contributed by atoms with van der Waals surface area (Å²) in [6.07, 6.45) is 0.990. The van der Waals surface area contributed by atoms with Crippen molar-refractivity contribution < 1.29 is 4.79 Å². The Labute approximate surface area is 159 Å². The number of carbonyl (C=O) groups is 1.